The van der Waals surface area contributed by atoms with Crippen molar-refractivity contribution in [3.8, 4) is 0 Å². The number of guanidine groups is 1. The molecular weight excluding hydrogens is 795 g/mol. The summed E-state index contributed by atoms with van der Waals surface area (Å²) in [5.74, 6) is -4.11. The molecule has 2 aliphatic heterocycles. The van der Waals surface area contributed by atoms with Gasteiger partial charge in [-0.3, -0.25) is 38.6 Å². The van der Waals surface area contributed by atoms with Crippen LogP contribution in [-0.4, -0.2) is 111 Å². The molecule has 0 radical (unpaired) electrons. The zero-order chi connectivity index (χ0) is 44.8. The first-order chi connectivity index (χ1) is 29.7. The van der Waals surface area contributed by atoms with Crippen LogP contribution in [0.15, 0.2) is 65.8 Å². The van der Waals surface area contributed by atoms with Crippen molar-refractivity contribution in [3.63, 3.8) is 0 Å². The number of aliphatic imine (C=N–C) groups is 1. The van der Waals surface area contributed by atoms with Crippen LogP contribution in [0.25, 0.3) is 10.9 Å². The maximum Gasteiger partial charge on any atom is 0.243 e. The van der Waals surface area contributed by atoms with Crippen LogP contribution in [0.4, 0.5) is 0 Å². The Bertz CT molecular complexity index is 2080. The number of nitrogens with one attached hydrogen (secondary N) is 5. The second kappa shape index (κ2) is 22.7. The number of Topliss-reactive ketones (excluding diaryl/α,β-unsaturated/α-hetero) is 2. The van der Waals surface area contributed by atoms with Gasteiger partial charge in [0.2, 0.25) is 29.5 Å². The zero-order valence-corrected chi connectivity index (χ0v) is 35.6. The molecule has 1 aromatic heterocycles. The maximum absolute atomic E-state index is 14.4. The van der Waals surface area contributed by atoms with E-state index in [1.807, 2.05) is 24.3 Å². The van der Waals surface area contributed by atoms with Crippen LogP contribution in [0, 0.1) is 5.92 Å². The van der Waals surface area contributed by atoms with Gasteiger partial charge >= 0.3 is 0 Å². The number of nitrogens with two attached hydrogens (primary N) is 2. The van der Waals surface area contributed by atoms with Gasteiger partial charge in [0.25, 0.3) is 0 Å². The van der Waals surface area contributed by atoms with E-state index in [-0.39, 0.29) is 87.9 Å². The zero-order valence-electron chi connectivity index (χ0n) is 35.6. The van der Waals surface area contributed by atoms with Gasteiger partial charge in [-0.1, -0.05) is 68.3 Å². The summed E-state index contributed by atoms with van der Waals surface area (Å²) in [5, 5.41) is 22.8. The van der Waals surface area contributed by atoms with Crippen molar-refractivity contribution in [1.29, 1.82) is 0 Å². The quantitative estimate of drug-likeness (QED) is 0.0872. The van der Waals surface area contributed by atoms with E-state index >= 15 is 0 Å². The minimum Gasteiger partial charge on any atom is -0.391 e. The number of fused-ring (bicyclic) bond motifs is 2. The van der Waals surface area contributed by atoms with Gasteiger partial charge in [-0.15, -0.1) is 0 Å². The number of aromatic amines is 1. The Hall–Kier alpha value is -6.10. The van der Waals surface area contributed by atoms with Crippen molar-refractivity contribution < 1.29 is 38.7 Å². The fraction of sp³-hybridized carbons (Fsp3) is 0.511. The molecule has 2 aliphatic rings. The van der Waals surface area contributed by atoms with E-state index < -0.39 is 65.9 Å². The van der Waals surface area contributed by atoms with Crippen LogP contribution in [0.5, 0.6) is 0 Å². The van der Waals surface area contributed by atoms with Gasteiger partial charge in [0, 0.05) is 68.2 Å². The van der Waals surface area contributed by atoms with Crippen molar-refractivity contribution in [3.05, 3.63) is 71.9 Å². The SMILES string of the molecule is CC(=O)[C@@H]1CCCCCC(=O)CC[C@H](C)C(=O)N2C[C@H](O)C[C@H]2C(=O)N[C@H](Cc2ccccc2)C(=O)N[C@@H](CCCN=C(N)N)C(=O)N[C@@H](Cc2c[nH]c3ccccc23)C(=O)N1. The van der Waals surface area contributed by atoms with E-state index in [1.54, 1.807) is 43.5 Å². The number of hydrogen-bond acceptors (Lipinski definition) is 9. The van der Waals surface area contributed by atoms with E-state index in [4.69, 9.17) is 11.5 Å². The number of para-hydroxylation sites is 1. The summed E-state index contributed by atoms with van der Waals surface area (Å²) in [6, 6.07) is 10.8. The second-order valence-corrected chi connectivity index (χ2v) is 16.5. The van der Waals surface area contributed by atoms with E-state index in [2.05, 4.69) is 31.2 Å². The maximum atomic E-state index is 14.4. The van der Waals surface area contributed by atoms with Crippen LogP contribution in [0.3, 0.4) is 0 Å². The topological polar surface area (TPSA) is 271 Å². The molecule has 10 N–H and O–H groups in total. The first-order valence-electron chi connectivity index (χ1n) is 21.6. The highest BCUT2D eigenvalue weighted by Crippen LogP contribution is 2.24. The molecule has 0 unspecified atom stereocenters. The first kappa shape index (κ1) is 47.0. The molecule has 0 spiro atoms. The van der Waals surface area contributed by atoms with Gasteiger partial charge < -0.3 is 47.7 Å². The number of nitrogens with zero attached hydrogens (tertiary/aromatic N) is 2. The predicted molar refractivity (Wildman–Crippen MR) is 233 cm³/mol. The third-order valence-corrected chi connectivity index (χ3v) is 11.6. The molecule has 0 aliphatic carbocycles. The molecule has 17 heteroatoms. The lowest BCUT2D eigenvalue weighted by atomic mass is 9.98. The lowest BCUT2D eigenvalue weighted by molar-refractivity contribution is -0.142. The molecular formula is C45H61N9O8. The average molecular weight is 856 g/mol. The van der Waals surface area contributed by atoms with Gasteiger partial charge in [-0.25, -0.2) is 0 Å². The number of amides is 5. The Balaban J connectivity index is 1.49. The molecule has 0 bridgehead atoms. The van der Waals surface area contributed by atoms with Crippen molar-refractivity contribution >= 4 is 58.0 Å². The highest BCUT2D eigenvalue weighted by molar-refractivity contribution is 5.97. The van der Waals surface area contributed by atoms with Gasteiger partial charge in [0.1, 0.15) is 30.0 Å². The molecule has 5 rings (SSSR count). The minimum atomic E-state index is -1.24. The Morgan fingerprint density at radius 2 is 1.45 bits per heavy atom. The van der Waals surface area contributed by atoms with Gasteiger partial charge in [0.05, 0.1) is 12.1 Å². The van der Waals surface area contributed by atoms with E-state index in [1.165, 1.54) is 11.8 Å². The summed E-state index contributed by atoms with van der Waals surface area (Å²) in [6.45, 7) is 3.12. The number of aliphatic hydroxyl groups excluding tert-OH is 1. The number of rotatable bonds is 9. The Morgan fingerprint density at radius 1 is 0.790 bits per heavy atom. The summed E-state index contributed by atoms with van der Waals surface area (Å²) >= 11 is 0. The number of aliphatic hydroxyl groups is 1. The molecule has 2 saturated heterocycles. The summed E-state index contributed by atoms with van der Waals surface area (Å²) in [4.78, 5) is 105. The van der Waals surface area contributed by atoms with E-state index in [9.17, 15) is 38.7 Å². The molecule has 2 fully saturated rings. The largest absolute Gasteiger partial charge is 0.391 e. The standard InChI is InChI=1S/C45H61N9O8/c1-27-19-20-31(56)14-7-4-8-16-34(28(2)55)50-42(60)38(23-30-25-49-35-17-10-9-15-33(30)35)52-40(58)36(18-11-21-48-45(46)47)51-41(59)37(22-29-12-5-3-6-13-29)53-43(61)39-24-32(57)26-54(39)44(27)62/h3,5-6,9-10,12-13,15,17,25,27,32,34,36-39,49,57H,4,7-8,11,14,16,18-24,26H2,1-2H3,(H,50,60)(H,51,59)(H,52,58)(H,53,61)(H4,46,47,48)/t27-,32+,34-,36-,37+,38-,39-/m0/s1. The number of hydrogen-bond donors (Lipinski definition) is 8. The third kappa shape index (κ3) is 13.4. The van der Waals surface area contributed by atoms with E-state index in [0.717, 1.165) is 16.5 Å². The molecule has 7 atom stereocenters. The fourth-order valence-electron chi connectivity index (χ4n) is 8.09. The fourth-order valence-corrected chi connectivity index (χ4v) is 8.09. The smallest absolute Gasteiger partial charge is 0.243 e. The van der Waals surface area contributed by atoms with Gasteiger partial charge in [-0.2, -0.15) is 0 Å². The summed E-state index contributed by atoms with van der Waals surface area (Å²) in [7, 11) is 0. The normalized spacial score (nSPS) is 25.5. The van der Waals surface area contributed by atoms with Crippen molar-refractivity contribution in [2.24, 2.45) is 22.4 Å². The Kier molecular flexibility index (Phi) is 17.2. The third-order valence-electron chi connectivity index (χ3n) is 11.6. The predicted octanol–water partition coefficient (Wildman–Crippen LogP) is 1.45. The monoisotopic (exact) mass is 855 g/mol. The second-order valence-electron chi connectivity index (χ2n) is 16.5. The Morgan fingerprint density at radius 3 is 2.19 bits per heavy atom. The first-order valence-corrected chi connectivity index (χ1v) is 21.6. The van der Waals surface area contributed by atoms with Crippen LogP contribution < -0.4 is 32.7 Å². The van der Waals surface area contributed by atoms with Crippen molar-refractivity contribution in [1.82, 2.24) is 31.2 Å². The molecule has 62 heavy (non-hydrogen) atoms. The highest BCUT2D eigenvalue weighted by Gasteiger charge is 2.41. The molecule has 5 amide bonds. The molecule has 334 valence electrons. The molecule has 0 saturated carbocycles. The van der Waals surface area contributed by atoms with Crippen LogP contribution in [0.1, 0.15) is 89.2 Å². The lowest BCUT2D eigenvalue weighted by Gasteiger charge is -2.29. The van der Waals surface area contributed by atoms with Crippen molar-refractivity contribution in [2.45, 2.75) is 127 Å². The van der Waals surface area contributed by atoms with Gasteiger partial charge in [0.15, 0.2) is 11.7 Å². The van der Waals surface area contributed by atoms with Crippen molar-refractivity contribution in [2.75, 3.05) is 13.1 Å². The summed E-state index contributed by atoms with van der Waals surface area (Å²) < 4.78 is 0. The number of H-pyrrole nitrogens is 1. The average Bonchev–Trinajstić information content (AvgIpc) is 3.85. The minimum absolute atomic E-state index is 0.0144. The number of benzene rings is 2. The number of carbonyl (C=O) groups is 7. The highest BCUT2D eigenvalue weighted by atomic mass is 16.3. The number of aromatic nitrogens is 1. The molecule has 17 nitrogen and oxygen atoms in total. The number of carbonyl (C=O) groups excluding carboxylic acids is 7. The number of ketones is 2. The van der Waals surface area contributed by atoms with Crippen LogP contribution >= 0.6 is 0 Å². The van der Waals surface area contributed by atoms with E-state index in [0.29, 0.717) is 31.2 Å². The molecule has 3 aromatic rings. The summed E-state index contributed by atoms with van der Waals surface area (Å²) in [5.41, 5.74) is 13.4. The Labute approximate surface area is 361 Å². The van der Waals surface area contributed by atoms with Gasteiger partial charge in [-0.05, 0) is 56.2 Å². The molecule has 3 heterocycles. The summed E-state index contributed by atoms with van der Waals surface area (Å²) in [6.07, 6.45) is 3.77. The van der Waals surface area contributed by atoms with Crippen LogP contribution in [0.2, 0.25) is 0 Å². The molecule has 2 aromatic carbocycles. The lowest BCUT2D eigenvalue weighted by Crippen LogP contribution is -2.59. The van der Waals surface area contributed by atoms with Crippen LogP contribution in [-0.2, 0) is 46.4 Å².